The number of urea groups is 1. The van der Waals surface area contributed by atoms with Gasteiger partial charge in [0.15, 0.2) is 0 Å². The zero-order valence-electron chi connectivity index (χ0n) is 19.7. The maximum absolute atomic E-state index is 12.3. The van der Waals surface area contributed by atoms with E-state index in [1.54, 1.807) is 0 Å². The molecule has 5 nitrogen and oxygen atoms in total. The molecule has 5 heteroatoms. The fraction of sp³-hybridized carbons (Fsp3) is 0.133. The van der Waals surface area contributed by atoms with E-state index in [2.05, 4.69) is 69.8 Å². The van der Waals surface area contributed by atoms with Crippen molar-refractivity contribution < 1.29 is 4.79 Å². The topological polar surface area (TPSA) is 59.0 Å². The smallest absolute Gasteiger partial charge is 0.319 e. The number of amides is 2. The number of imidazole rings is 1. The summed E-state index contributed by atoms with van der Waals surface area (Å²) in [7, 11) is 0. The van der Waals surface area contributed by atoms with Crippen molar-refractivity contribution >= 4 is 22.8 Å². The number of hydrogen-bond donors (Lipinski definition) is 2. The first-order chi connectivity index (χ1) is 17.2. The van der Waals surface area contributed by atoms with Crippen LogP contribution in [0.15, 0.2) is 103 Å². The molecule has 0 bridgehead atoms. The van der Waals surface area contributed by atoms with Gasteiger partial charge in [-0.2, -0.15) is 0 Å². The van der Waals surface area contributed by atoms with E-state index in [0.717, 1.165) is 46.6 Å². The molecule has 0 aliphatic carbocycles. The number of fused-ring (bicyclic) bond motifs is 1. The molecule has 35 heavy (non-hydrogen) atoms. The van der Waals surface area contributed by atoms with Crippen LogP contribution in [0, 0.1) is 6.92 Å². The summed E-state index contributed by atoms with van der Waals surface area (Å²) in [5.41, 5.74) is 7.48. The van der Waals surface area contributed by atoms with Crippen LogP contribution in [-0.4, -0.2) is 15.6 Å². The van der Waals surface area contributed by atoms with Crippen LogP contribution in [0.3, 0.4) is 0 Å². The number of benzene rings is 4. The van der Waals surface area contributed by atoms with Crippen LogP contribution in [-0.2, 0) is 19.4 Å². The Morgan fingerprint density at radius 2 is 1.46 bits per heavy atom. The zero-order chi connectivity index (χ0) is 24.0. The van der Waals surface area contributed by atoms with Gasteiger partial charge in [0.25, 0.3) is 0 Å². The lowest BCUT2D eigenvalue weighted by molar-refractivity contribution is 0.251. The lowest BCUT2D eigenvalue weighted by atomic mass is 10.1. The summed E-state index contributed by atoms with van der Waals surface area (Å²) < 4.78 is 2.24. The number of carbonyl (C=O) groups is 1. The number of hydrogen-bond acceptors (Lipinski definition) is 2. The lowest BCUT2D eigenvalue weighted by Gasteiger charge is -2.10. The first-order valence-corrected chi connectivity index (χ1v) is 11.9. The van der Waals surface area contributed by atoms with Gasteiger partial charge in [-0.05, 0) is 60.9 Å². The molecule has 0 aliphatic heterocycles. The number of nitrogens with zero attached hydrogens (tertiary/aromatic N) is 2. The van der Waals surface area contributed by atoms with Gasteiger partial charge < -0.3 is 10.6 Å². The predicted molar refractivity (Wildman–Crippen MR) is 142 cm³/mol. The van der Waals surface area contributed by atoms with E-state index in [4.69, 9.17) is 4.98 Å². The molecule has 5 rings (SSSR count). The first kappa shape index (κ1) is 22.4. The molecule has 0 saturated heterocycles. The summed E-state index contributed by atoms with van der Waals surface area (Å²) in [5, 5.41) is 5.81. The summed E-state index contributed by atoms with van der Waals surface area (Å²) >= 11 is 0. The minimum absolute atomic E-state index is 0.213. The quantitative estimate of drug-likeness (QED) is 0.294. The van der Waals surface area contributed by atoms with Gasteiger partial charge in [-0.25, -0.2) is 9.78 Å². The summed E-state index contributed by atoms with van der Waals surface area (Å²) in [6.07, 6.45) is 1.67. The van der Waals surface area contributed by atoms with Gasteiger partial charge in [0, 0.05) is 24.3 Å². The molecule has 0 atom stereocenters. The third-order valence-electron chi connectivity index (χ3n) is 6.07. The van der Waals surface area contributed by atoms with Crippen LogP contribution in [0.25, 0.3) is 16.7 Å². The lowest BCUT2D eigenvalue weighted by Crippen LogP contribution is -2.28. The number of carbonyl (C=O) groups excluding carboxylic acids is 1. The maximum atomic E-state index is 12.3. The van der Waals surface area contributed by atoms with Crippen LogP contribution < -0.4 is 10.6 Å². The zero-order valence-corrected chi connectivity index (χ0v) is 19.7. The number of para-hydroxylation sites is 3. The van der Waals surface area contributed by atoms with Gasteiger partial charge in [-0.15, -0.1) is 0 Å². The number of nitrogens with one attached hydrogen (secondary N) is 2. The molecule has 1 aromatic heterocycles. The number of rotatable bonds is 7. The van der Waals surface area contributed by atoms with Crippen molar-refractivity contribution in [3.8, 4) is 5.69 Å². The molecule has 4 aromatic carbocycles. The Bertz CT molecular complexity index is 1420. The molecule has 2 amide bonds. The standard InChI is InChI=1S/C30H28N4O/c1-22-11-13-24(14-12-22)21-31-30(35)32-25-18-15-23(16-19-25)17-20-29-33-27-9-5-6-10-28(27)34(29)26-7-3-2-4-8-26/h2-16,18-19H,17,20-21H2,1H3,(H2,31,32,35). The first-order valence-electron chi connectivity index (χ1n) is 11.9. The van der Waals surface area contributed by atoms with Crippen molar-refractivity contribution in [3.05, 3.63) is 126 Å². The second-order valence-corrected chi connectivity index (χ2v) is 8.68. The van der Waals surface area contributed by atoms with E-state index in [-0.39, 0.29) is 6.03 Å². The Kier molecular flexibility index (Phi) is 6.57. The van der Waals surface area contributed by atoms with Crippen molar-refractivity contribution in [2.24, 2.45) is 0 Å². The van der Waals surface area contributed by atoms with Crippen LogP contribution in [0.5, 0.6) is 0 Å². The van der Waals surface area contributed by atoms with Crippen molar-refractivity contribution in [3.63, 3.8) is 0 Å². The fourth-order valence-corrected chi connectivity index (χ4v) is 4.18. The fourth-order valence-electron chi connectivity index (χ4n) is 4.18. The second-order valence-electron chi connectivity index (χ2n) is 8.68. The highest BCUT2D eigenvalue weighted by Crippen LogP contribution is 2.23. The van der Waals surface area contributed by atoms with E-state index < -0.39 is 0 Å². The largest absolute Gasteiger partial charge is 0.334 e. The highest BCUT2D eigenvalue weighted by Gasteiger charge is 2.12. The molecule has 0 saturated carbocycles. The minimum atomic E-state index is -0.213. The number of anilines is 1. The monoisotopic (exact) mass is 460 g/mol. The molecular formula is C30H28N4O. The van der Waals surface area contributed by atoms with Crippen LogP contribution in [0.4, 0.5) is 10.5 Å². The van der Waals surface area contributed by atoms with Gasteiger partial charge >= 0.3 is 6.03 Å². The van der Waals surface area contributed by atoms with E-state index in [0.29, 0.717) is 6.54 Å². The second kappa shape index (κ2) is 10.3. The van der Waals surface area contributed by atoms with Gasteiger partial charge in [0.1, 0.15) is 5.82 Å². The van der Waals surface area contributed by atoms with Crippen molar-refractivity contribution in [2.45, 2.75) is 26.3 Å². The van der Waals surface area contributed by atoms with Crippen LogP contribution in [0.1, 0.15) is 22.5 Å². The van der Waals surface area contributed by atoms with Gasteiger partial charge in [-0.3, -0.25) is 4.57 Å². The SMILES string of the molecule is Cc1ccc(CNC(=O)Nc2ccc(CCc3nc4ccccc4n3-c3ccccc3)cc2)cc1. The highest BCUT2D eigenvalue weighted by atomic mass is 16.2. The van der Waals surface area contributed by atoms with E-state index in [1.165, 1.54) is 11.1 Å². The number of aromatic nitrogens is 2. The summed E-state index contributed by atoms with van der Waals surface area (Å²) in [6.45, 7) is 2.54. The third kappa shape index (κ3) is 5.41. The number of aryl methyl sites for hydroxylation is 3. The summed E-state index contributed by atoms with van der Waals surface area (Å²) in [6, 6.07) is 34.5. The Balaban J connectivity index is 1.22. The average molecular weight is 461 g/mol. The van der Waals surface area contributed by atoms with Gasteiger partial charge in [-0.1, -0.05) is 72.3 Å². The minimum Gasteiger partial charge on any atom is -0.334 e. The molecule has 1 heterocycles. The Morgan fingerprint density at radius 3 is 2.23 bits per heavy atom. The molecule has 0 spiro atoms. The van der Waals surface area contributed by atoms with E-state index in [1.807, 2.05) is 55.5 Å². The molecule has 0 aliphatic rings. The van der Waals surface area contributed by atoms with Crippen molar-refractivity contribution in [1.82, 2.24) is 14.9 Å². The van der Waals surface area contributed by atoms with E-state index in [9.17, 15) is 4.79 Å². The maximum Gasteiger partial charge on any atom is 0.319 e. The molecule has 0 unspecified atom stereocenters. The van der Waals surface area contributed by atoms with Crippen molar-refractivity contribution in [2.75, 3.05) is 5.32 Å². The van der Waals surface area contributed by atoms with E-state index >= 15 is 0 Å². The molecule has 5 aromatic rings. The average Bonchev–Trinajstić information content (AvgIpc) is 3.27. The molecule has 0 radical (unpaired) electrons. The van der Waals surface area contributed by atoms with Gasteiger partial charge in [0.2, 0.25) is 0 Å². The Labute approximate surface area is 205 Å². The molecule has 0 fully saturated rings. The van der Waals surface area contributed by atoms with Crippen LogP contribution >= 0.6 is 0 Å². The summed E-state index contributed by atoms with van der Waals surface area (Å²) in [5.74, 6) is 1.04. The molecule has 174 valence electrons. The van der Waals surface area contributed by atoms with Gasteiger partial charge in [0.05, 0.1) is 11.0 Å². The molecule has 2 N–H and O–H groups in total. The predicted octanol–water partition coefficient (Wildman–Crippen LogP) is 6.44. The highest BCUT2D eigenvalue weighted by molar-refractivity contribution is 5.89. The Morgan fingerprint density at radius 1 is 0.771 bits per heavy atom. The summed E-state index contributed by atoms with van der Waals surface area (Å²) in [4.78, 5) is 17.2. The normalized spacial score (nSPS) is 10.9. The molecular weight excluding hydrogens is 432 g/mol. The Hall–Kier alpha value is -4.38. The van der Waals surface area contributed by atoms with Crippen molar-refractivity contribution in [1.29, 1.82) is 0 Å². The third-order valence-corrected chi connectivity index (χ3v) is 6.07. The van der Waals surface area contributed by atoms with Crippen LogP contribution in [0.2, 0.25) is 0 Å².